The third kappa shape index (κ3) is 5.05. The topological polar surface area (TPSA) is 69.4 Å². The summed E-state index contributed by atoms with van der Waals surface area (Å²) in [5.74, 6) is -0.177. The summed E-state index contributed by atoms with van der Waals surface area (Å²) in [4.78, 5) is 22.1. The van der Waals surface area contributed by atoms with E-state index in [1.54, 1.807) is 25.1 Å². The normalized spacial score (nSPS) is 10.1. The molecular formula is C11H12BrNO4S. The summed E-state index contributed by atoms with van der Waals surface area (Å²) in [7, 11) is 0. The molecule has 0 saturated heterocycles. The van der Waals surface area contributed by atoms with Crippen LogP contribution in [0.4, 0.5) is 0 Å². The molecule has 0 N–H and O–H groups in total. The fourth-order valence-corrected chi connectivity index (χ4v) is 2.67. The highest BCUT2D eigenvalue weighted by atomic mass is 79.9. The molecule has 0 aromatic heterocycles. The number of benzene rings is 1. The number of rotatable bonds is 6. The molecule has 0 fully saturated rings. The van der Waals surface area contributed by atoms with Gasteiger partial charge in [-0.05, 0) is 19.1 Å². The molecule has 0 atom stereocenters. The van der Waals surface area contributed by atoms with E-state index in [4.69, 9.17) is 4.74 Å². The summed E-state index contributed by atoms with van der Waals surface area (Å²) in [6, 6.07) is 5.19. The van der Waals surface area contributed by atoms with Gasteiger partial charge in [0.15, 0.2) is 0 Å². The third-order valence-corrected chi connectivity index (χ3v) is 3.54. The van der Waals surface area contributed by atoms with Crippen molar-refractivity contribution in [1.29, 1.82) is 0 Å². The predicted molar refractivity (Wildman–Crippen MR) is 72.2 cm³/mol. The number of esters is 1. The quantitative estimate of drug-likeness (QED) is 0.346. The molecule has 1 aromatic rings. The van der Waals surface area contributed by atoms with Crippen LogP contribution in [-0.2, 0) is 16.1 Å². The number of nitro groups is 1. The average Bonchev–Trinajstić information content (AvgIpc) is 2.29. The Kier molecular flexibility index (Phi) is 6.14. The van der Waals surface area contributed by atoms with Gasteiger partial charge in [0.25, 0.3) is 0 Å². The van der Waals surface area contributed by atoms with Crippen molar-refractivity contribution >= 4 is 33.7 Å². The Morgan fingerprint density at radius 2 is 2.28 bits per heavy atom. The summed E-state index contributed by atoms with van der Waals surface area (Å²) in [6.45, 7) is 1.82. The first-order valence-corrected chi connectivity index (χ1v) is 6.99. The third-order valence-electron chi connectivity index (χ3n) is 1.98. The second-order valence-electron chi connectivity index (χ2n) is 3.34. The average molecular weight is 334 g/mol. The van der Waals surface area contributed by atoms with E-state index in [0.717, 1.165) is 4.47 Å². The molecule has 1 aromatic carbocycles. The zero-order valence-electron chi connectivity index (χ0n) is 9.72. The minimum atomic E-state index is -0.391. The van der Waals surface area contributed by atoms with E-state index < -0.39 is 4.92 Å². The molecule has 7 heteroatoms. The van der Waals surface area contributed by atoms with Gasteiger partial charge in [0.2, 0.25) is 6.54 Å². The minimum Gasteiger partial charge on any atom is -0.465 e. The number of carbonyl (C=O) groups is 1. The monoisotopic (exact) mass is 333 g/mol. The molecule has 0 aliphatic rings. The van der Waals surface area contributed by atoms with Gasteiger partial charge in [-0.2, -0.15) is 0 Å². The van der Waals surface area contributed by atoms with Crippen LogP contribution in [0.5, 0.6) is 0 Å². The maximum atomic E-state index is 11.2. The molecule has 1 rings (SSSR count). The summed E-state index contributed by atoms with van der Waals surface area (Å²) in [5, 5.41) is 10.5. The number of hydrogen-bond donors (Lipinski definition) is 0. The van der Waals surface area contributed by atoms with Crippen molar-refractivity contribution in [2.24, 2.45) is 0 Å². The van der Waals surface area contributed by atoms with Crippen molar-refractivity contribution in [2.45, 2.75) is 18.4 Å². The smallest absolute Gasteiger partial charge is 0.316 e. The number of nitrogens with zero attached hydrogens (tertiary/aromatic N) is 1. The lowest BCUT2D eigenvalue weighted by molar-refractivity contribution is -0.497. The fraction of sp³-hybridized carbons (Fsp3) is 0.364. The van der Waals surface area contributed by atoms with Crippen LogP contribution in [0, 0.1) is 10.1 Å². The van der Waals surface area contributed by atoms with Gasteiger partial charge in [-0.15, -0.1) is 11.8 Å². The molecule has 0 spiro atoms. The molecule has 0 unspecified atom stereocenters. The minimum absolute atomic E-state index is 0.148. The van der Waals surface area contributed by atoms with Gasteiger partial charge in [-0.25, -0.2) is 0 Å². The van der Waals surface area contributed by atoms with Crippen molar-refractivity contribution < 1.29 is 14.5 Å². The van der Waals surface area contributed by atoms with Crippen molar-refractivity contribution in [2.75, 3.05) is 12.4 Å². The van der Waals surface area contributed by atoms with Crippen molar-refractivity contribution in [1.82, 2.24) is 0 Å². The van der Waals surface area contributed by atoms with Gasteiger partial charge >= 0.3 is 5.97 Å². The van der Waals surface area contributed by atoms with Gasteiger partial charge in [0, 0.05) is 19.9 Å². The van der Waals surface area contributed by atoms with E-state index in [2.05, 4.69) is 15.9 Å². The molecule has 0 aliphatic carbocycles. The molecule has 0 heterocycles. The Labute approximate surface area is 117 Å². The van der Waals surface area contributed by atoms with Crippen molar-refractivity contribution in [3.63, 3.8) is 0 Å². The molecule has 0 amide bonds. The fourth-order valence-electron chi connectivity index (χ4n) is 1.27. The summed E-state index contributed by atoms with van der Waals surface area (Å²) in [6.07, 6.45) is 0. The van der Waals surface area contributed by atoms with E-state index in [-0.39, 0.29) is 18.3 Å². The largest absolute Gasteiger partial charge is 0.465 e. The summed E-state index contributed by atoms with van der Waals surface area (Å²) >= 11 is 4.54. The molecule has 18 heavy (non-hydrogen) atoms. The van der Waals surface area contributed by atoms with Gasteiger partial charge in [-0.1, -0.05) is 22.0 Å². The van der Waals surface area contributed by atoms with E-state index in [1.807, 2.05) is 0 Å². The lowest BCUT2D eigenvalue weighted by atomic mass is 10.2. The van der Waals surface area contributed by atoms with E-state index in [1.165, 1.54) is 11.8 Å². The van der Waals surface area contributed by atoms with Crippen LogP contribution in [0.3, 0.4) is 0 Å². The first kappa shape index (κ1) is 15.0. The van der Waals surface area contributed by atoms with E-state index in [0.29, 0.717) is 17.1 Å². The summed E-state index contributed by atoms with van der Waals surface area (Å²) in [5.41, 5.74) is 0.595. The number of halogens is 1. The highest BCUT2D eigenvalue weighted by Gasteiger charge is 2.11. The maximum Gasteiger partial charge on any atom is 0.316 e. The van der Waals surface area contributed by atoms with Gasteiger partial charge in [0.05, 0.1) is 12.4 Å². The zero-order chi connectivity index (χ0) is 13.5. The van der Waals surface area contributed by atoms with Crippen LogP contribution in [-0.4, -0.2) is 23.3 Å². The summed E-state index contributed by atoms with van der Waals surface area (Å²) < 4.78 is 5.63. The Balaban J connectivity index is 2.75. The van der Waals surface area contributed by atoms with Crippen LogP contribution in [0.15, 0.2) is 27.6 Å². The first-order chi connectivity index (χ1) is 8.52. The molecule has 0 aliphatic heterocycles. The first-order valence-electron chi connectivity index (χ1n) is 5.21. The number of carbonyl (C=O) groups excluding carboxylic acids is 1. The molecule has 0 radical (unpaired) electrons. The number of thioether (sulfide) groups is 1. The SMILES string of the molecule is CCOC(=O)CSc1cc(Br)ccc1C[N+](=O)[O-]. The zero-order valence-corrected chi connectivity index (χ0v) is 12.1. The lowest BCUT2D eigenvalue weighted by Gasteiger charge is -2.06. The van der Waals surface area contributed by atoms with Gasteiger partial charge in [-0.3, -0.25) is 14.9 Å². The highest BCUT2D eigenvalue weighted by Crippen LogP contribution is 2.27. The van der Waals surface area contributed by atoms with Crippen molar-refractivity contribution in [3.8, 4) is 0 Å². The maximum absolute atomic E-state index is 11.2. The molecule has 98 valence electrons. The van der Waals surface area contributed by atoms with Gasteiger partial charge in [0.1, 0.15) is 0 Å². The Morgan fingerprint density at radius 3 is 2.89 bits per heavy atom. The Bertz CT molecular complexity index is 453. The second kappa shape index (κ2) is 7.38. The Hall–Kier alpha value is -1.08. The highest BCUT2D eigenvalue weighted by molar-refractivity contribution is 9.10. The molecular weight excluding hydrogens is 322 g/mol. The Morgan fingerprint density at radius 1 is 1.56 bits per heavy atom. The molecule has 5 nitrogen and oxygen atoms in total. The van der Waals surface area contributed by atoms with Crippen molar-refractivity contribution in [3.05, 3.63) is 38.3 Å². The number of ether oxygens (including phenoxy) is 1. The van der Waals surface area contributed by atoms with Crippen LogP contribution >= 0.6 is 27.7 Å². The standard InChI is InChI=1S/C11H12BrNO4S/c1-2-17-11(14)7-18-10-5-9(12)4-3-8(10)6-13(15)16/h3-5H,2,6-7H2,1H3. The van der Waals surface area contributed by atoms with Gasteiger partial charge < -0.3 is 4.74 Å². The van der Waals surface area contributed by atoms with Crippen LogP contribution in [0.25, 0.3) is 0 Å². The number of hydrogen-bond acceptors (Lipinski definition) is 5. The van der Waals surface area contributed by atoms with E-state index in [9.17, 15) is 14.9 Å². The predicted octanol–water partition coefficient (Wildman–Crippen LogP) is 2.88. The van der Waals surface area contributed by atoms with Crippen LogP contribution in [0.1, 0.15) is 12.5 Å². The second-order valence-corrected chi connectivity index (χ2v) is 5.27. The lowest BCUT2D eigenvalue weighted by Crippen LogP contribution is -2.07. The van der Waals surface area contributed by atoms with Crippen LogP contribution in [0.2, 0.25) is 0 Å². The van der Waals surface area contributed by atoms with Crippen LogP contribution < -0.4 is 0 Å². The molecule has 0 bridgehead atoms. The van der Waals surface area contributed by atoms with E-state index >= 15 is 0 Å². The molecule has 0 saturated carbocycles.